The van der Waals surface area contributed by atoms with Crippen LogP contribution in [-0.4, -0.2) is 9.97 Å². The molecule has 0 aliphatic rings. The van der Waals surface area contributed by atoms with E-state index < -0.39 is 17.6 Å². The normalized spacial score (nSPS) is 12.0. The van der Waals surface area contributed by atoms with Crippen LogP contribution in [-0.2, 0) is 6.18 Å². The van der Waals surface area contributed by atoms with Crippen molar-refractivity contribution in [3.05, 3.63) is 46.0 Å². The highest BCUT2D eigenvalue weighted by atomic mass is 32.1. The molecule has 0 spiro atoms. The highest BCUT2D eigenvalue weighted by molar-refractivity contribution is 7.71. The summed E-state index contributed by atoms with van der Waals surface area (Å²) in [6, 6.07) is 4.07. The van der Waals surface area contributed by atoms with Gasteiger partial charge in [0.1, 0.15) is 16.3 Å². The van der Waals surface area contributed by atoms with Crippen LogP contribution in [0.1, 0.15) is 31.0 Å². The fraction of sp³-hybridized carbons (Fsp3) is 0.286. The summed E-state index contributed by atoms with van der Waals surface area (Å²) in [5, 5.41) is 0. The molecule has 112 valence electrons. The van der Waals surface area contributed by atoms with Crippen LogP contribution in [0.25, 0.3) is 11.4 Å². The topological polar surface area (TPSA) is 28.7 Å². The molecule has 0 aliphatic heterocycles. The van der Waals surface area contributed by atoms with Crippen molar-refractivity contribution in [3.63, 3.8) is 0 Å². The number of nitrogens with zero attached hydrogens (tertiary/aromatic N) is 1. The molecule has 0 radical (unpaired) electrons. The minimum absolute atomic E-state index is 0.0153. The molecule has 0 bridgehead atoms. The average Bonchev–Trinajstić information content (AvgIpc) is 2.36. The van der Waals surface area contributed by atoms with Gasteiger partial charge in [-0.3, -0.25) is 0 Å². The molecular formula is C14H12F4N2S. The maximum absolute atomic E-state index is 13.1. The lowest BCUT2D eigenvalue weighted by Gasteiger charge is -2.14. The van der Waals surface area contributed by atoms with E-state index in [4.69, 9.17) is 12.2 Å². The van der Waals surface area contributed by atoms with Crippen LogP contribution < -0.4 is 0 Å². The van der Waals surface area contributed by atoms with Gasteiger partial charge in [0.15, 0.2) is 0 Å². The van der Waals surface area contributed by atoms with E-state index >= 15 is 0 Å². The number of aromatic nitrogens is 2. The Balaban J connectivity index is 2.70. The Labute approximate surface area is 123 Å². The number of hydrogen-bond acceptors (Lipinski definition) is 2. The van der Waals surface area contributed by atoms with Gasteiger partial charge in [0.2, 0.25) is 0 Å². The van der Waals surface area contributed by atoms with E-state index in [1.807, 2.05) is 13.8 Å². The van der Waals surface area contributed by atoms with Gasteiger partial charge in [-0.1, -0.05) is 26.1 Å². The van der Waals surface area contributed by atoms with E-state index in [1.165, 1.54) is 0 Å². The molecule has 0 unspecified atom stereocenters. The van der Waals surface area contributed by atoms with E-state index in [-0.39, 0.29) is 21.9 Å². The molecule has 1 heterocycles. The van der Waals surface area contributed by atoms with Crippen LogP contribution in [0.5, 0.6) is 0 Å². The smallest absolute Gasteiger partial charge is 0.343 e. The zero-order chi connectivity index (χ0) is 15.8. The van der Waals surface area contributed by atoms with Crippen LogP contribution in [0.3, 0.4) is 0 Å². The number of rotatable bonds is 2. The van der Waals surface area contributed by atoms with Crippen molar-refractivity contribution in [2.24, 2.45) is 0 Å². The molecule has 1 N–H and O–H groups in total. The quantitative estimate of drug-likeness (QED) is 0.618. The highest BCUT2D eigenvalue weighted by Crippen LogP contribution is 2.36. The zero-order valence-corrected chi connectivity index (χ0v) is 12.1. The standard InChI is InChI=1S/C14H12F4N2S/c1-7(2)11-6-12(21)20-13(19-11)9-4-3-8(15)5-10(9)14(16,17)18/h3-7H,1-2H3,(H,19,20,21). The summed E-state index contributed by atoms with van der Waals surface area (Å²) < 4.78 is 52.4. The Kier molecular flexibility index (Phi) is 4.13. The summed E-state index contributed by atoms with van der Waals surface area (Å²) >= 11 is 4.98. The van der Waals surface area contributed by atoms with Crippen molar-refractivity contribution < 1.29 is 17.6 Å². The van der Waals surface area contributed by atoms with E-state index in [0.717, 1.165) is 12.1 Å². The molecule has 1 aromatic carbocycles. The van der Waals surface area contributed by atoms with Crippen molar-refractivity contribution in [1.82, 2.24) is 9.97 Å². The van der Waals surface area contributed by atoms with Gasteiger partial charge < -0.3 is 4.98 Å². The Hall–Kier alpha value is -1.76. The molecule has 0 aliphatic carbocycles. The van der Waals surface area contributed by atoms with Crippen molar-refractivity contribution in [3.8, 4) is 11.4 Å². The second-order valence-corrected chi connectivity index (χ2v) is 5.28. The van der Waals surface area contributed by atoms with Gasteiger partial charge in [-0.2, -0.15) is 13.2 Å². The number of alkyl halides is 3. The molecule has 21 heavy (non-hydrogen) atoms. The minimum atomic E-state index is -4.68. The fourth-order valence-corrected chi connectivity index (χ4v) is 2.09. The lowest BCUT2D eigenvalue weighted by Crippen LogP contribution is -2.09. The van der Waals surface area contributed by atoms with Gasteiger partial charge in [0, 0.05) is 11.3 Å². The molecule has 1 aromatic heterocycles. The Morgan fingerprint density at radius 3 is 2.43 bits per heavy atom. The third-order valence-corrected chi connectivity index (χ3v) is 3.14. The van der Waals surface area contributed by atoms with Crippen LogP contribution in [0.15, 0.2) is 24.3 Å². The number of halogens is 4. The number of benzene rings is 1. The van der Waals surface area contributed by atoms with Crippen molar-refractivity contribution in [2.45, 2.75) is 25.9 Å². The maximum atomic E-state index is 13.1. The first-order chi connectivity index (χ1) is 9.68. The van der Waals surface area contributed by atoms with Crippen LogP contribution in [0.2, 0.25) is 0 Å². The lowest BCUT2D eigenvalue weighted by atomic mass is 10.1. The lowest BCUT2D eigenvalue weighted by molar-refractivity contribution is -0.137. The third-order valence-electron chi connectivity index (χ3n) is 2.93. The van der Waals surface area contributed by atoms with Crippen molar-refractivity contribution in [2.75, 3.05) is 0 Å². The summed E-state index contributed by atoms with van der Waals surface area (Å²) in [6.45, 7) is 3.75. The molecule has 0 saturated carbocycles. The molecule has 7 heteroatoms. The molecule has 2 nitrogen and oxygen atoms in total. The Morgan fingerprint density at radius 2 is 1.86 bits per heavy atom. The first kappa shape index (κ1) is 15.6. The van der Waals surface area contributed by atoms with Crippen molar-refractivity contribution >= 4 is 12.2 Å². The third kappa shape index (κ3) is 3.47. The van der Waals surface area contributed by atoms with E-state index in [2.05, 4.69) is 9.97 Å². The molecule has 0 fully saturated rings. The predicted molar refractivity (Wildman–Crippen MR) is 73.9 cm³/mol. The maximum Gasteiger partial charge on any atom is 0.417 e. The van der Waals surface area contributed by atoms with E-state index in [0.29, 0.717) is 11.8 Å². The molecule has 0 saturated heterocycles. The van der Waals surface area contributed by atoms with Crippen molar-refractivity contribution in [1.29, 1.82) is 0 Å². The zero-order valence-electron chi connectivity index (χ0n) is 11.3. The summed E-state index contributed by atoms with van der Waals surface area (Å²) in [6.07, 6.45) is -4.68. The summed E-state index contributed by atoms with van der Waals surface area (Å²) in [7, 11) is 0. The summed E-state index contributed by atoms with van der Waals surface area (Å²) in [5.41, 5.74) is -0.637. The largest absolute Gasteiger partial charge is 0.417 e. The van der Waals surface area contributed by atoms with E-state index in [9.17, 15) is 17.6 Å². The van der Waals surface area contributed by atoms with Crippen LogP contribution in [0, 0.1) is 10.5 Å². The van der Waals surface area contributed by atoms with Crippen LogP contribution >= 0.6 is 12.2 Å². The molecular weight excluding hydrogens is 304 g/mol. The van der Waals surface area contributed by atoms with Gasteiger partial charge in [-0.15, -0.1) is 0 Å². The highest BCUT2D eigenvalue weighted by Gasteiger charge is 2.34. The number of H-pyrrole nitrogens is 1. The molecule has 0 amide bonds. The van der Waals surface area contributed by atoms with E-state index in [1.54, 1.807) is 6.07 Å². The number of nitrogens with one attached hydrogen (secondary N) is 1. The SMILES string of the molecule is CC(C)c1cc(=S)nc(-c2ccc(F)cc2C(F)(F)F)[nH]1. The minimum Gasteiger partial charge on any atom is -0.343 e. The van der Waals surface area contributed by atoms with Crippen LogP contribution in [0.4, 0.5) is 17.6 Å². The predicted octanol–water partition coefficient (Wildman–Crippen LogP) is 5.09. The molecule has 2 aromatic rings. The Morgan fingerprint density at radius 1 is 1.19 bits per heavy atom. The first-order valence-electron chi connectivity index (χ1n) is 6.17. The van der Waals surface area contributed by atoms with Gasteiger partial charge in [0.05, 0.1) is 5.56 Å². The summed E-state index contributed by atoms with van der Waals surface area (Å²) in [5.74, 6) is -0.925. The number of aromatic amines is 1. The first-order valence-corrected chi connectivity index (χ1v) is 6.57. The average molecular weight is 316 g/mol. The second-order valence-electron chi connectivity index (χ2n) is 4.87. The van der Waals surface area contributed by atoms with Gasteiger partial charge in [-0.05, 0) is 30.2 Å². The Bertz CT molecular complexity index is 720. The van der Waals surface area contributed by atoms with Gasteiger partial charge in [-0.25, -0.2) is 9.37 Å². The molecule has 0 atom stereocenters. The monoisotopic (exact) mass is 316 g/mol. The second kappa shape index (κ2) is 5.55. The number of hydrogen-bond donors (Lipinski definition) is 1. The van der Waals surface area contributed by atoms with Gasteiger partial charge in [0.25, 0.3) is 0 Å². The van der Waals surface area contributed by atoms with Gasteiger partial charge >= 0.3 is 6.18 Å². The molecule has 2 rings (SSSR count). The fourth-order valence-electron chi connectivity index (χ4n) is 1.87. The summed E-state index contributed by atoms with van der Waals surface area (Å²) in [4.78, 5) is 6.76.